The Morgan fingerprint density at radius 2 is 1.89 bits per heavy atom. The van der Waals surface area contributed by atoms with Crippen molar-refractivity contribution >= 4 is 33.9 Å². The summed E-state index contributed by atoms with van der Waals surface area (Å²) in [5, 5.41) is 13.4. The molecule has 186 valence electrons. The normalized spacial score (nSPS) is 18.5. The number of ketones is 1. The van der Waals surface area contributed by atoms with Gasteiger partial charge in [-0.25, -0.2) is 4.98 Å². The Labute approximate surface area is 212 Å². The summed E-state index contributed by atoms with van der Waals surface area (Å²) in [4.78, 5) is 32.0. The van der Waals surface area contributed by atoms with E-state index >= 15 is 0 Å². The number of hydrogen-bond donors (Lipinski definition) is 1. The number of thiazole rings is 1. The third kappa shape index (κ3) is 4.54. The number of carbonyl (C=O) groups excluding carboxylic acids is 2. The summed E-state index contributed by atoms with van der Waals surface area (Å²) < 4.78 is 17.0. The van der Waals surface area contributed by atoms with Gasteiger partial charge in [-0.3, -0.25) is 14.5 Å². The molecule has 3 aromatic rings. The second kappa shape index (κ2) is 10.4. The summed E-state index contributed by atoms with van der Waals surface area (Å²) in [5.41, 5.74) is 1.00. The lowest BCUT2D eigenvalue weighted by atomic mass is 9.95. The van der Waals surface area contributed by atoms with Crippen LogP contribution in [0.2, 0.25) is 0 Å². The second-order valence-electron chi connectivity index (χ2n) is 8.47. The SMILES string of the molecule is CCCCCOc1ccc(C2C(=C(O)c3ccc4c(c3)OCCO4)C(=O)C(=O)N2c2nccs2)cc1. The van der Waals surface area contributed by atoms with Crippen LogP contribution < -0.4 is 19.1 Å². The number of amides is 1. The Morgan fingerprint density at radius 3 is 2.61 bits per heavy atom. The van der Waals surface area contributed by atoms with Gasteiger partial charge in [-0.2, -0.15) is 0 Å². The zero-order valence-electron chi connectivity index (χ0n) is 19.8. The lowest BCUT2D eigenvalue weighted by Crippen LogP contribution is -2.29. The summed E-state index contributed by atoms with van der Waals surface area (Å²) >= 11 is 1.25. The Kier molecular flexibility index (Phi) is 6.90. The molecule has 1 atom stereocenters. The topological polar surface area (TPSA) is 98.2 Å². The molecule has 0 bridgehead atoms. The fourth-order valence-corrected chi connectivity index (χ4v) is 4.98. The zero-order valence-corrected chi connectivity index (χ0v) is 20.6. The van der Waals surface area contributed by atoms with Crippen molar-refractivity contribution in [2.24, 2.45) is 0 Å². The number of nitrogens with zero attached hydrogens (tertiary/aromatic N) is 2. The van der Waals surface area contributed by atoms with Crippen molar-refractivity contribution < 1.29 is 28.9 Å². The molecule has 8 nitrogen and oxygen atoms in total. The minimum atomic E-state index is -0.849. The standard InChI is InChI=1S/C27H26N2O6S/c1-2-3-4-12-33-19-8-5-17(6-9-19)23-22(25(31)26(32)29(23)27-28-11-15-36-27)24(30)18-7-10-20-21(16-18)35-14-13-34-20/h5-11,15-16,23,30H,2-4,12-14H2,1H3. The van der Waals surface area contributed by atoms with Gasteiger partial charge in [-0.05, 0) is 42.3 Å². The molecule has 1 N–H and O–H groups in total. The number of aliphatic hydroxyl groups is 1. The number of rotatable bonds is 8. The number of Topliss-reactive ketones (excluding diaryl/α,β-unsaturated/α-hetero) is 1. The zero-order chi connectivity index (χ0) is 25.1. The van der Waals surface area contributed by atoms with Gasteiger partial charge in [0.05, 0.1) is 18.2 Å². The van der Waals surface area contributed by atoms with Crippen LogP contribution in [0.1, 0.15) is 43.4 Å². The fraction of sp³-hybridized carbons (Fsp3) is 0.296. The largest absolute Gasteiger partial charge is 0.507 e. The van der Waals surface area contributed by atoms with Crippen LogP contribution in [-0.2, 0) is 9.59 Å². The van der Waals surface area contributed by atoms with Gasteiger partial charge >= 0.3 is 5.91 Å². The molecule has 1 saturated heterocycles. The van der Waals surface area contributed by atoms with Gasteiger partial charge in [0.15, 0.2) is 16.6 Å². The number of aromatic nitrogens is 1. The first kappa shape index (κ1) is 23.9. The maximum absolute atomic E-state index is 13.3. The van der Waals surface area contributed by atoms with E-state index < -0.39 is 17.7 Å². The van der Waals surface area contributed by atoms with E-state index in [4.69, 9.17) is 14.2 Å². The fourth-order valence-electron chi connectivity index (χ4n) is 4.31. The van der Waals surface area contributed by atoms with E-state index in [-0.39, 0.29) is 11.3 Å². The average molecular weight is 507 g/mol. The van der Waals surface area contributed by atoms with E-state index in [0.717, 1.165) is 19.3 Å². The maximum Gasteiger partial charge on any atom is 0.301 e. The van der Waals surface area contributed by atoms with E-state index in [1.807, 2.05) is 24.3 Å². The molecule has 0 spiro atoms. The van der Waals surface area contributed by atoms with Gasteiger partial charge in [0.2, 0.25) is 0 Å². The summed E-state index contributed by atoms with van der Waals surface area (Å²) in [6.07, 6.45) is 4.75. The number of unbranched alkanes of at least 4 members (excludes halogenated alkanes) is 2. The van der Waals surface area contributed by atoms with Crippen LogP contribution in [0.4, 0.5) is 5.13 Å². The summed E-state index contributed by atoms with van der Waals surface area (Å²) in [5.74, 6) is -0.0636. The summed E-state index contributed by atoms with van der Waals surface area (Å²) in [6, 6.07) is 11.3. The first-order chi connectivity index (χ1) is 17.6. The Bertz CT molecular complexity index is 1290. The van der Waals surface area contributed by atoms with Crippen LogP contribution >= 0.6 is 11.3 Å². The predicted molar refractivity (Wildman–Crippen MR) is 136 cm³/mol. The van der Waals surface area contributed by atoms with Crippen molar-refractivity contribution in [1.29, 1.82) is 0 Å². The molecule has 2 aliphatic rings. The third-order valence-electron chi connectivity index (χ3n) is 6.10. The average Bonchev–Trinajstić information content (AvgIpc) is 3.53. The van der Waals surface area contributed by atoms with Gasteiger partial charge in [0, 0.05) is 17.1 Å². The smallest absolute Gasteiger partial charge is 0.301 e. The minimum absolute atomic E-state index is 0.0107. The molecule has 5 rings (SSSR count). The number of benzene rings is 2. The van der Waals surface area contributed by atoms with Crippen molar-refractivity contribution in [3.63, 3.8) is 0 Å². The first-order valence-corrected chi connectivity index (χ1v) is 12.8. The second-order valence-corrected chi connectivity index (χ2v) is 9.34. The molecular formula is C27H26N2O6S. The van der Waals surface area contributed by atoms with Crippen molar-refractivity contribution in [1.82, 2.24) is 4.98 Å². The van der Waals surface area contributed by atoms with Crippen LogP contribution in [0.25, 0.3) is 5.76 Å². The molecule has 1 unspecified atom stereocenters. The van der Waals surface area contributed by atoms with Gasteiger partial charge in [-0.1, -0.05) is 31.9 Å². The van der Waals surface area contributed by atoms with Crippen molar-refractivity contribution in [2.45, 2.75) is 32.2 Å². The first-order valence-electron chi connectivity index (χ1n) is 11.9. The van der Waals surface area contributed by atoms with E-state index in [2.05, 4.69) is 11.9 Å². The molecule has 3 heterocycles. The molecule has 1 amide bonds. The predicted octanol–water partition coefficient (Wildman–Crippen LogP) is 5.11. The van der Waals surface area contributed by atoms with Crippen LogP contribution in [0.5, 0.6) is 17.2 Å². The number of fused-ring (bicyclic) bond motifs is 1. The lowest BCUT2D eigenvalue weighted by molar-refractivity contribution is -0.132. The van der Waals surface area contributed by atoms with Crippen LogP contribution in [0.3, 0.4) is 0 Å². The Morgan fingerprint density at radius 1 is 1.11 bits per heavy atom. The Hall–Kier alpha value is -3.85. The summed E-state index contributed by atoms with van der Waals surface area (Å²) in [6.45, 7) is 3.58. The van der Waals surface area contributed by atoms with Gasteiger partial charge in [0.1, 0.15) is 24.7 Å². The van der Waals surface area contributed by atoms with Gasteiger partial charge in [-0.15, -0.1) is 11.3 Å². The molecule has 0 radical (unpaired) electrons. The molecule has 36 heavy (non-hydrogen) atoms. The third-order valence-corrected chi connectivity index (χ3v) is 6.87. The van der Waals surface area contributed by atoms with Gasteiger partial charge < -0.3 is 19.3 Å². The highest BCUT2D eigenvalue weighted by Gasteiger charge is 2.48. The Balaban J connectivity index is 1.54. The van der Waals surface area contributed by atoms with Crippen LogP contribution in [-0.4, -0.2) is 41.6 Å². The minimum Gasteiger partial charge on any atom is -0.507 e. The number of carbonyl (C=O) groups is 2. The quantitative estimate of drug-likeness (QED) is 0.196. The molecule has 0 aliphatic carbocycles. The highest BCUT2D eigenvalue weighted by molar-refractivity contribution is 7.14. The molecule has 1 aromatic heterocycles. The van der Waals surface area contributed by atoms with Crippen LogP contribution in [0, 0.1) is 0 Å². The number of hydrogen-bond acceptors (Lipinski definition) is 8. The van der Waals surface area contributed by atoms with Crippen molar-refractivity contribution in [3.8, 4) is 17.2 Å². The van der Waals surface area contributed by atoms with Crippen molar-refractivity contribution in [3.05, 3.63) is 70.7 Å². The molecular weight excluding hydrogens is 480 g/mol. The molecule has 2 aromatic carbocycles. The maximum atomic E-state index is 13.3. The van der Waals surface area contributed by atoms with E-state index in [0.29, 0.717) is 53.3 Å². The molecule has 0 saturated carbocycles. The van der Waals surface area contributed by atoms with E-state index in [1.54, 1.807) is 29.8 Å². The summed E-state index contributed by atoms with van der Waals surface area (Å²) in [7, 11) is 0. The molecule has 1 fully saturated rings. The highest BCUT2D eigenvalue weighted by atomic mass is 32.1. The van der Waals surface area contributed by atoms with Gasteiger partial charge in [0.25, 0.3) is 5.78 Å². The highest BCUT2D eigenvalue weighted by Crippen LogP contribution is 2.44. The number of anilines is 1. The molecule has 2 aliphatic heterocycles. The van der Waals surface area contributed by atoms with Crippen molar-refractivity contribution in [2.75, 3.05) is 24.7 Å². The van der Waals surface area contributed by atoms with E-state index in [1.165, 1.54) is 16.2 Å². The number of aliphatic hydroxyl groups excluding tert-OH is 1. The molecule has 9 heteroatoms. The number of ether oxygens (including phenoxy) is 3. The monoisotopic (exact) mass is 506 g/mol. The van der Waals surface area contributed by atoms with E-state index in [9.17, 15) is 14.7 Å². The lowest BCUT2D eigenvalue weighted by Gasteiger charge is -2.23. The van der Waals surface area contributed by atoms with Crippen LogP contribution in [0.15, 0.2) is 59.6 Å².